The first-order chi connectivity index (χ1) is 16.0. The number of sulfone groups is 1. The minimum atomic E-state index is -3.49. The highest BCUT2D eigenvalue weighted by atomic mass is 32.2. The number of carbonyl (C=O) groups is 1. The van der Waals surface area contributed by atoms with Gasteiger partial charge in [-0.15, -0.1) is 0 Å². The molecule has 2 fully saturated rings. The summed E-state index contributed by atoms with van der Waals surface area (Å²) in [7, 11) is -1.90. The average Bonchev–Trinajstić information content (AvgIpc) is 3.58. The maximum absolute atomic E-state index is 13.1. The Morgan fingerprint density at radius 1 is 1.24 bits per heavy atom. The molecule has 2 heterocycles. The maximum Gasteiger partial charge on any atom is 0.280 e. The molecule has 33 heavy (non-hydrogen) atoms. The fourth-order valence-corrected chi connectivity index (χ4v) is 6.19. The van der Waals surface area contributed by atoms with Crippen molar-refractivity contribution >= 4 is 37.9 Å². The van der Waals surface area contributed by atoms with E-state index in [1.807, 2.05) is 0 Å². The number of thiazole rings is 1. The highest BCUT2D eigenvalue weighted by molar-refractivity contribution is 7.92. The van der Waals surface area contributed by atoms with Gasteiger partial charge >= 0.3 is 0 Å². The molecule has 1 atom stereocenters. The van der Waals surface area contributed by atoms with Crippen molar-refractivity contribution in [2.45, 2.75) is 55.0 Å². The van der Waals surface area contributed by atoms with Gasteiger partial charge in [-0.1, -0.05) is 28.6 Å². The van der Waals surface area contributed by atoms with Crippen LogP contribution in [0.3, 0.4) is 0 Å². The normalized spacial score (nSPS) is 19.7. The van der Waals surface area contributed by atoms with E-state index in [9.17, 15) is 13.2 Å². The summed E-state index contributed by atoms with van der Waals surface area (Å²) >= 11 is 1.31. The fraction of sp³-hybridized carbons (Fsp3) is 0.500. The SMILES string of the molecule is COCc1cnc(NC(=O)C(=NOC2CCCC2)c2ccc(S(=O)(=O)[C@H]3CCOC3)cc2)s1. The van der Waals surface area contributed by atoms with Crippen LogP contribution in [0.2, 0.25) is 0 Å². The van der Waals surface area contributed by atoms with Crippen LogP contribution >= 0.6 is 11.3 Å². The lowest BCUT2D eigenvalue weighted by Crippen LogP contribution is -2.25. The van der Waals surface area contributed by atoms with Crippen molar-refractivity contribution in [2.24, 2.45) is 5.16 Å². The van der Waals surface area contributed by atoms with Gasteiger partial charge < -0.3 is 14.3 Å². The second kappa shape index (κ2) is 10.7. The monoisotopic (exact) mass is 493 g/mol. The summed E-state index contributed by atoms with van der Waals surface area (Å²) in [6.45, 7) is 1.05. The Morgan fingerprint density at radius 2 is 2.00 bits per heavy atom. The lowest BCUT2D eigenvalue weighted by atomic mass is 10.1. The highest BCUT2D eigenvalue weighted by Crippen LogP contribution is 2.25. The van der Waals surface area contributed by atoms with Gasteiger partial charge in [0.15, 0.2) is 20.7 Å². The van der Waals surface area contributed by atoms with Gasteiger partial charge in [0.2, 0.25) is 0 Å². The number of hydrogen-bond acceptors (Lipinski definition) is 9. The van der Waals surface area contributed by atoms with Crippen LogP contribution in [-0.2, 0) is 35.5 Å². The maximum atomic E-state index is 13.1. The molecular weight excluding hydrogens is 466 g/mol. The molecule has 1 aromatic carbocycles. The summed E-state index contributed by atoms with van der Waals surface area (Å²) in [5.41, 5.74) is 0.527. The smallest absolute Gasteiger partial charge is 0.280 e. The Bertz CT molecular complexity index is 1090. The van der Waals surface area contributed by atoms with Crippen molar-refractivity contribution in [2.75, 3.05) is 25.6 Å². The Morgan fingerprint density at radius 3 is 2.67 bits per heavy atom. The first-order valence-corrected chi connectivity index (χ1v) is 13.2. The van der Waals surface area contributed by atoms with E-state index in [1.54, 1.807) is 25.4 Å². The van der Waals surface area contributed by atoms with Crippen LogP contribution in [-0.4, -0.2) is 56.7 Å². The summed E-state index contributed by atoms with van der Waals surface area (Å²) in [5, 5.41) is 6.80. The molecule has 1 saturated carbocycles. The number of nitrogens with zero attached hydrogens (tertiary/aromatic N) is 2. The summed E-state index contributed by atoms with van der Waals surface area (Å²) in [6, 6.07) is 6.16. The first kappa shape index (κ1) is 23.8. The van der Waals surface area contributed by atoms with Gasteiger partial charge in [-0.25, -0.2) is 13.4 Å². The standard InChI is InChI=1S/C22H27N3O6S2/c1-29-13-17-12-23-22(32-17)24-21(26)20(25-31-16-4-2-3-5-16)15-6-8-18(9-7-15)33(27,28)19-10-11-30-14-19/h6-9,12,16,19H,2-5,10-11,13-14H2,1H3,(H,23,24,26)/t19-/m0/s1. The summed E-state index contributed by atoms with van der Waals surface area (Å²) in [5.74, 6) is -0.480. The van der Waals surface area contributed by atoms with Crippen molar-refractivity contribution in [1.82, 2.24) is 4.98 Å². The number of rotatable bonds is 9. The highest BCUT2D eigenvalue weighted by Gasteiger charge is 2.31. The van der Waals surface area contributed by atoms with Gasteiger partial charge in [0.05, 0.1) is 28.2 Å². The van der Waals surface area contributed by atoms with Crippen molar-refractivity contribution in [3.63, 3.8) is 0 Å². The Kier molecular flexibility index (Phi) is 7.74. The van der Waals surface area contributed by atoms with Crippen molar-refractivity contribution in [3.8, 4) is 0 Å². The Balaban J connectivity index is 1.55. The number of benzene rings is 1. The number of oxime groups is 1. The van der Waals surface area contributed by atoms with Gasteiger partial charge in [-0.2, -0.15) is 0 Å². The largest absolute Gasteiger partial charge is 0.392 e. The molecule has 0 spiro atoms. The fourth-order valence-electron chi connectivity index (χ4n) is 3.83. The molecule has 178 valence electrons. The van der Waals surface area contributed by atoms with E-state index in [4.69, 9.17) is 14.3 Å². The molecule has 2 aromatic rings. The predicted octanol–water partition coefficient (Wildman–Crippen LogP) is 3.15. The molecule has 0 unspecified atom stereocenters. The number of carbonyl (C=O) groups excluding carboxylic acids is 1. The molecule has 0 radical (unpaired) electrons. The van der Waals surface area contributed by atoms with E-state index in [0.29, 0.717) is 30.3 Å². The average molecular weight is 494 g/mol. The summed E-state index contributed by atoms with van der Waals surface area (Å²) in [6.07, 6.45) is 6.02. The third-order valence-corrected chi connectivity index (χ3v) is 8.72. The zero-order chi connectivity index (χ0) is 23.3. The molecule has 1 aliphatic heterocycles. The molecule has 4 rings (SSSR count). The quantitative estimate of drug-likeness (QED) is 0.421. The van der Waals surface area contributed by atoms with Gasteiger partial charge in [0, 0.05) is 25.5 Å². The van der Waals surface area contributed by atoms with Crippen LogP contribution in [0, 0.1) is 0 Å². The Hall–Kier alpha value is -2.34. The van der Waals surface area contributed by atoms with Gasteiger partial charge in [0.25, 0.3) is 5.91 Å². The molecule has 0 bridgehead atoms. The minimum Gasteiger partial charge on any atom is -0.392 e. The molecule has 1 amide bonds. The topological polar surface area (TPSA) is 116 Å². The number of methoxy groups -OCH3 is 1. The van der Waals surface area contributed by atoms with Gasteiger partial charge in [0.1, 0.15) is 6.10 Å². The molecule has 1 aromatic heterocycles. The van der Waals surface area contributed by atoms with Gasteiger partial charge in [-0.3, -0.25) is 10.1 Å². The molecule has 1 saturated heterocycles. The molecule has 1 N–H and O–H groups in total. The van der Waals surface area contributed by atoms with Crippen molar-refractivity contribution in [3.05, 3.63) is 40.9 Å². The van der Waals surface area contributed by atoms with E-state index < -0.39 is 21.0 Å². The number of aromatic nitrogens is 1. The first-order valence-electron chi connectivity index (χ1n) is 10.9. The zero-order valence-corrected chi connectivity index (χ0v) is 20.0. The second-order valence-electron chi connectivity index (χ2n) is 8.03. The number of hydrogen-bond donors (Lipinski definition) is 1. The summed E-state index contributed by atoms with van der Waals surface area (Å²) in [4.78, 5) is 24.0. The number of amides is 1. The molecule has 1 aliphatic carbocycles. The van der Waals surface area contributed by atoms with Crippen LogP contribution in [0.15, 0.2) is 40.5 Å². The molecule has 11 heteroatoms. The third kappa shape index (κ3) is 5.78. The lowest BCUT2D eigenvalue weighted by molar-refractivity contribution is -0.110. The molecular formula is C22H27N3O6S2. The van der Waals surface area contributed by atoms with Crippen LogP contribution in [0.4, 0.5) is 5.13 Å². The van der Waals surface area contributed by atoms with Crippen LogP contribution in [0.5, 0.6) is 0 Å². The minimum absolute atomic E-state index is 0.0250. The van der Waals surface area contributed by atoms with E-state index >= 15 is 0 Å². The second-order valence-corrected chi connectivity index (χ2v) is 11.4. The van der Waals surface area contributed by atoms with Crippen LogP contribution in [0.1, 0.15) is 42.5 Å². The molecule has 2 aliphatic rings. The summed E-state index contributed by atoms with van der Waals surface area (Å²) < 4.78 is 36.0. The van der Waals surface area contributed by atoms with Crippen LogP contribution < -0.4 is 5.32 Å². The van der Waals surface area contributed by atoms with Gasteiger partial charge in [-0.05, 0) is 44.2 Å². The number of anilines is 1. The lowest BCUT2D eigenvalue weighted by Gasteiger charge is -2.12. The van der Waals surface area contributed by atoms with Crippen LogP contribution in [0.25, 0.3) is 0 Å². The van der Waals surface area contributed by atoms with E-state index in [2.05, 4.69) is 15.5 Å². The third-order valence-electron chi connectivity index (χ3n) is 5.65. The van der Waals surface area contributed by atoms with E-state index in [0.717, 1.165) is 30.6 Å². The van der Waals surface area contributed by atoms with E-state index in [-0.39, 0.29) is 23.3 Å². The number of ether oxygens (including phenoxy) is 2. The van der Waals surface area contributed by atoms with Crippen molar-refractivity contribution < 1.29 is 27.5 Å². The molecule has 9 nitrogen and oxygen atoms in total. The van der Waals surface area contributed by atoms with Crippen molar-refractivity contribution in [1.29, 1.82) is 0 Å². The van der Waals surface area contributed by atoms with E-state index in [1.165, 1.54) is 23.5 Å². The number of nitrogens with one attached hydrogen (secondary N) is 1. The Labute approximate surface area is 197 Å². The predicted molar refractivity (Wildman–Crippen MR) is 124 cm³/mol. The zero-order valence-electron chi connectivity index (χ0n) is 18.4.